The molecule has 0 bridgehead atoms. The lowest BCUT2D eigenvalue weighted by Gasteiger charge is -2.31. The van der Waals surface area contributed by atoms with Crippen molar-refractivity contribution in [1.29, 1.82) is 0 Å². The molecule has 0 atom stereocenters. The summed E-state index contributed by atoms with van der Waals surface area (Å²) in [5.74, 6) is 1.28. The molecule has 1 aliphatic heterocycles. The number of nitrogens with one attached hydrogen (secondary N) is 1. The lowest BCUT2D eigenvalue weighted by atomic mass is 10.1. The number of ether oxygens (including phenoxy) is 1. The van der Waals surface area contributed by atoms with Gasteiger partial charge in [-0.05, 0) is 31.9 Å². The highest BCUT2D eigenvalue weighted by molar-refractivity contribution is 7.13. The summed E-state index contributed by atoms with van der Waals surface area (Å²) in [5, 5.41) is 5.40. The molecule has 7 nitrogen and oxygen atoms in total. The third-order valence-electron chi connectivity index (χ3n) is 3.95. The largest absolute Gasteiger partial charge is 0.459 e. The number of carbonyl (C=O) groups excluding carboxylic acids is 2. The average molecular weight is 349 g/mol. The van der Waals surface area contributed by atoms with Gasteiger partial charge in [-0.25, -0.2) is 9.78 Å². The van der Waals surface area contributed by atoms with Gasteiger partial charge in [0, 0.05) is 24.5 Å². The van der Waals surface area contributed by atoms with Gasteiger partial charge in [-0.15, -0.1) is 11.3 Å². The Hall–Kier alpha value is -2.35. The Balaban J connectivity index is 1.56. The fourth-order valence-electron chi connectivity index (χ4n) is 2.64. The molecule has 128 valence electrons. The van der Waals surface area contributed by atoms with E-state index in [1.54, 1.807) is 10.3 Å². The molecule has 8 heteroatoms. The number of aromatic nitrogens is 1. The molecule has 0 aromatic carbocycles. The minimum absolute atomic E-state index is 0.0365. The van der Waals surface area contributed by atoms with Crippen molar-refractivity contribution in [2.24, 2.45) is 0 Å². The van der Waals surface area contributed by atoms with Crippen molar-refractivity contribution in [2.45, 2.75) is 25.8 Å². The van der Waals surface area contributed by atoms with Crippen molar-refractivity contribution in [1.82, 2.24) is 15.2 Å². The number of methoxy groups -OCH3 is 1. The monoisotopic (exact) mass is 349 g/mol. The predicted molar refractivity (Wildman–Crippen MR) is 89.0 cm³/mol. The van der Waals surface area contributed by atoms with Gasteiger partial charge in [0.1, 0.15) is 11.5 Å². The molecule has 3 rings (SSSR count). The van der Waals surface area contributed by atoms with Crippen molar-refractivity contribution in [3.63, 3.8) is 0 Å². The molecule has 1 saturated heterocycles. The molecule has 2 amide bonds. The van der Waals surface area contributed by atoms with E-state index >= 15 is 0 Å². The van der Waals surface area contributed by atoms with Gasteiger partial charge in [-0.3, -0.25) is 4.79 Å². The quantitative estimate of drug-likeness (QED) is 0.921. The summed E-state index contributed by atoms with van der Waals surface area (Å²) in [6.07, 6.45) is 1.09. The molecule has 0 unspecified atom stereocenters. The number of nitrogens with zero attached hydrogens (tertiary/aromatic N) is 2. The number of furan rings is 1. The number of amides is 2. The number of carbonyl (C=O) groups is 2. The number of piperidine rings is 1. The van der Waals surface area contributed by atoms with Crippen LogP contribution in [0.5, 0.6) is 0 Å². The number of likely N-dealkylation sites (tertiary alicyclic amines) is 1. The second-order valence-corrected chi connectivity index (χ2v) is 6.51. The summed E-state index contributed by atoms with van der Waals surface area (Å²) in [6.45, 7) is 3.02. The summed E-state index contributed by atoms with van der Waals surface area (Å²) >= 11 is 1.38. The number of rotatable bonds is 3. The molecular weight excluding hydrogens is 330 g/mol. The maximum absolute atomic E-state index is 12.3. The maximum Gasteiger partial charge on any atom is 0.409 e. The zero-order valence-electron chi connectivity index (χ0n) is 13.6. The number of aryl methyl sites for hydroxylation is 1. The van der Waals surface area contributed by atoms with E-state index in [2.05, 4.69) is 10.3 Å². The fourth-order valence-corrected chi connectivity index (χ4v) is 3.40. The Kier molecular flexibility index (Phi) is 4.84. The van der Waals surface area contributed by atoms with E-state index in [4.69, 9.17) is 9.15 Å². The van der Waals surface area contributed by atoms with Crippen LogP contribution in [0.15, 0.2) is 21.9 Å². The summed E-state index contributed by atoms with van der Waals surface area (Å²) in [5.41, 5.74) is 0.388. The Morgan fingerprint density at radius 1 is 1.38 bits per heavy atom. The Bertz CT molecular complexity index is 731. The van der Waals surface area contributed by atoms with Crippen molar-refractivity contribution in [3.05, 3.63) is 29.0 Å². The van der Waals surface area contributed by atoms with Gasteiger partial charge >= 0.3 is 6.09 Å². The second kappa shape index (κ2) is 7.04. The molecule has 1 fully saturated rings. The van der Waals surface area contributed by atoms with E-state index in [0.29, 0.717) is 42.4 Å². The first kappa shape index (κ1) is 16.5. The lowest BCUT2D eigenvalue weighted by Crippen LogP contribution is -2.46. The molecule has 2 aromatic rings. The molecule has 1 N–H and O–H groups in total. The Labute approximate surface area is 143 Å². The van der Waals surface area contributed by atoms with Crippen LogP contribution in [0, 0.1) is 6.92 Å². The van der Waals surface area contributed by atoms with E-state index in [1.807, 2.05) is 19.1 Å². The smallest absolute Gasteiger partial charge is 0.409 e. The van der Waals surface area contributed by atoms with Crippen LogP contribution in [-0.4, -0.2) is 48.1 Å². The molecule has 1 aliphatic rings. The van der Waals surface area contributed by atoms with Crippen LogP contribution in [0.3, 0.4) is 0 Å². The number of hydrogen-bond donors (Lipinski definition) is 1. The summed E-state index contributed by atoms with van der Waals surface area (Å²) < 4.78 is 10.2. The molecule has 0 spiro atoms. The van der Waals surface area contributed by atoms with Crippen molar-refractivity contribution >= 4 is 23.3 Å². The second-order valence-electron chi connectivity index (χ2n) is 5.65. The highest BCUT2D eigenvalue weighted by Gasteiger charge is 2.25. The van der Waals surface area contributed by atoms with Crippen LogP contribution >= 0.6 is 11.3 Å². The SMILES string of the molecule is COC(=O)N1CCC(NC(=O)c2csc(-c3ccc(C)o3)n2)CC1. The third-order valence-corrected chi connectivity index (χ3v) is 4.81. The molecule has 3 heterocycles. The molecule has 0 radical (unpaired) electrons. The molecule has 2 aromatic heterocycles. The predicted octanol–water partition coefficient (Wildman–Crippen LogP) is 2.67. The lowest BCUT2D eigenvalue weighted by molar-refractivity contribution is 0.0888. The van der Waals surface area contributed by atoms with Crippen LogP contribution in [0.2, 0.25) is 0 Å². The normalized spacial score (nSPS) is 15.3. The van der Waals surface area contributed by atoms with Gasteiger partial charge in [-0.1, -0.05) is 0 Å². The van der Waals surface area contributed by atoms with Crippen molar-refractivity contribution in [2.75, 3.05) is 20.2 Å². The molecular formula is C16H19N3O4S. The third kappa shape index (κ3) is 3.59. The molecule has 0 saturated carbocycles. The summed E-state index contributed by atoms with van der Waals surface area (Å²) in [6, 6.07) is 3.75. The zero-order chi connectivity index (χ0) is 17.1. The van der Waals surface area contributed by atoms with Crippen LogP contribution in [0.1, 0.15) is 29.1 Å². The number of hydrogen-bond acceptors (Lipinski definition) is 6. The maximum atomic E-state index is 12.3. The topological polar surface area (TPSA) is 84.7 Å². The highest BCUT2D eigenvalue weighted by atomic mass is 32.1. The van der Waals surface area contributed by atoms with Crippen LogP contribution in [-0.2, 0) is 4.74 Å². The van der Waals surface area contributed by atoms with E-state index in [9.17, 15) is 9.59 Å². The summed E-state index contributed by atoms with van der Waals surface area (Å²) in [4.78, 5) is 29.8. The van der Waals surface area contributed by atoms with Gasteiger partial charge in [0.25, 0.3) is 5.91 Å². The molecule has 24 heavy (non-hydrogen) atoms. The van der Waals surface area contributed by atoms with E-state index < -0.39 is 0 Å². The Morgan fingerprint density at radius 2 is 2.12 bits per heavy atom. The van der Waals surface area contributed by atoms with Gasteiger partial charge in [-0.2, -0.15) is 0 Å². The Morgan fingerprint density at radius 3 is 2.75 bits per heavy atom. The van der Waals surface area contributed by atoms with Crippen molar-refractivity contribution < 1.29 is 18.7 Å². The van der Waals surface area contributed by atoms with Crippen molar-refractivity contribution in [3.8, 4) is 10.8 Å². The minimum Gasteiger partial charge on any atom is -0.459 e. The van der Waals surface area contributed by atoms with Gasteiger partial charge in [0.15, 0.2) is 10.8 Å². The first-order valence-corrected chi connectivity index (χ1v) is 8.61. The standard InChI is InChI=1S/C16H19N3O4S/c1-10-3-4-13(23-10)15-18-12(9-24-15)14(20)17-11-5-7-19(8-6-11)16(21)22-2/h3-4,9,11H,5-8H2,1-2H3,(H,17,20). The number of thiazole rings is 1. The first-order valence-electron chi connectivity index (χ1n) is 7.73. The summed E-state index contributed by atoms with van der Waals surface area (Å²) in [7, 11) is 1.37. The van der Waals surface area contributed by atoms with E-state index in [1.165, 1.54) is 18.4 Å². The van der Waals surface area contributed by atoms with Crippen LogP contribution in [0.4, 0.5) is 4.79 Å². The zero-order valence-corrected chi connectivity index (χ0v) is 14.4. The van der Waals surface area contributed by atoms with Gasteiger partial charge < -0.3 is 19.4 Å². The van der Waals surface area contributed by atoms with E-state index in [0.717, 1.165) is 5.76 Å². The average Bonchev–Trinajstić information content (AvgIpc) is 3.23. The fraction of sp³-hybridized carbons (Fsp3) is 0.438. The van der Waals surface area contributed by atoms with Gasteiger partial charge in [0.05, 0.1) is 7.11 Å². The molecule has 0 aliphatic carbocycles. The highest BCUT2D eigenvalue weighted by Crippen LogP contribution is 2.25. The van der Waals surface area contributed by atoms with Crippen LogP contribution in [0.25, 0.3) is 10.8 Å². The minimum atomic E-state index is -0.322. The van der Waals surface area contributed by atoms with Crippen LogP contribution < -0.4 is 5.32 Å². The van der Waals surface area contributed by atoms with E-state index in [-0.39, 0.29) is 18.0 Å². The first-order chi connectivity index (χ1) is 11.6. The van der Waals surface area contributed by atoms with Gasteiger partial charge in [0.2, 0.25) is 0 Å².